The van der Waals surface area contributed by atoms with Crippen molar-refractivity contribution in [3.05, 3.63) is 17.6 Å². The largest absolute Gasteiger partial charge is 0.373 e. The predicted molar refractivity (Wildman–Crippen MR) is 70.0 cm³/mol. The number of nitrogens with zero attached hydrogens (tertiary/aromatic N) is 2. The van der Waals surface area contributed by atoms with E-state index >= 15 is 0 Å². The van der Waals surface area contributed by atoms with Crippen molar-refractivity contribution in [1.82, 2.24) is 9.97 Å². The van der Waals surface area contributed by atoms with Crippen LogP contribution >= 0.6 is 0 Å². The third kappa shape index (κ3) is 5.13. The van der Waals surface area contributed by atoms with E-state index in [4.69, 9.17) is 4.74 Å². The van der Waals surface area contributed by atoms with Crippen molar-refractivity contribution in [1.29, 1.82) is 0 Å². The molecule has 17 heavy (non-hydrogen) atoms. The molecule has 4 heteroatoms. The van der Waals surface area contributed by atoms with Gasteiger partial charge in [0, 0.05) is 18.8 Å². The maximum Gasteiger partial charge on any atom is 0.156 e. The minimum absolute atomic E-state index is 0.247. The highest BCUT2D eigenvalue weighted by Crippen LogP contribution is 2.11. The van der Waals surface area contributed by atoms with Gasteiger partial charge in [-0.25, -0.2) is 9.97 Å². The fraction of sp³-hybridized carbons (Fsp3) is 0.692. The highest BCUT2D eigenvalue weighted by molar-refractivity contribution is 5.34. The van der Waals surface area contributed by atoms with Crippen LogP contribution < -0.4 is 5.32 Å². The minimum atomic E-state index is 0.247. The zero-order valence-electron chi connectivity index (χ0n) is 11.4. The van der Waals surface area contributed by atoms with Crippen molar-refractivity contribution >= 4 is 5.82 Å². The maximum absolute atomic E-state index is 5.74. The molecule has 0 aliphatic carbocycles. The van der Waals surface area contributed by atoms with E-state index in [0.717, 1.165) is 23.8 Å². The van der Waals surface area contributed by atoms with Gasteiger partial charge in [-0.1, -0.05) is 13.8 Å². The summed E-state index contributed by atoms with van der Waals surface area (Å²) < 4.78 is 5.74. The molecule has 1 aromatic heterocycles. The number of ether oxygens (including phenoxy) is 1. The summed E-state index contributed by atoms with van der Waals surface area (Å²) in [6.07, 6.45) is 1.31. The topological polar surface area (TPSA) is 47.0 Å². The van der Waals surface area contributed by atoms with Gasteiger partial charge in [0.05, 0.1) is 6.10 Å². The zero-order chi connectivity index (χ0) is 12.8. The quantitative estimate of drug-likeness (QED) is 0.826. The van der Waals surface area contributed by atoms with Crippen LogP contribution in [0.15, 0.2) is 6.07 Å². The van der Waals surface area contributed by atoms with Crippen molar-refractivity contribution < 1.29 is 4.74 Å². The third-order valence-electron chi connectivity index (χ3n) is 2.46. The highest BCUT2D eigenvalue weighted by Gasteiger charge is 2.07. The van der Waals surface area contributed by atoms with Crippen LogP contribution in [-0.4, -0.2) is 23.1 Å². The highest BCUT2D eigenvalue weighted by atomic mass is 16.5. The molecule has 0 saturated carbocycles. The van der Waals surface area contributed by atoms with Crippen molar-refractivity contribution in [3.8, 4) is 0 Å². The Morgan fingerprint density at radius 1 is 1.29 bits per heavy atom. The Bertz CT molecular complexity index is 353. The van der Waals surface area contributed by atoms with Crippen LogP contribution in [0.1, 0.15) is 38.7 Å². The molecule has 0 bridgehead atoms. The van der Waals surface area contributed by atoms with Gasteiger partial charge in [-0.05, 0) is 26.2 Å². The van der Waals surface area contributed by atoms with Crippen molar-refractivity contribution in [2.75, 3.05) is 12.4 Å². The first-order chi connectivity index (χ1) is 8.01. The molecular formula is C13H23N3O. The number of hydrogen-bond donors (Lipinski definition) is 1. The molecule has 0 aromatic carbocycles. The Hall–Kier alpha value is -1.16. The van der Waals surface area contributed by atoms with E-state index < -0.39 is 0 Å². The first-order valence-electron chi connectivity index (χ1n) is 6.15. The molecule has 1 unspecified atom stereocenters. The number of aryl methyl sites for hydroxylation is 1. The Morgan fingerprint density at radius 3 is 2.59 bits per heavy atom. The Balaban J connectivity index is 2.54. The van der Waals surface area contributed by atoms with Gasteiger partial charge in [0.15, 0.2) is 5.82 Å². The molecular weight excluding hydrogens is 214 g/mol. The van der Waals surface area contributed by atoms with Crippen LogP contribution in [0.4, 0.5) is 5.82 Å². The fourth-order valence-corrected chi connectivity index (χ4v) is 1.77. The van der Waals surface area contributed by atoms with Gasteiger partial charge in [0.25, 0.3) is 0 Å². The van der Waals surface area contributed by atoms with E-state index in [1.165, 1.54) is 0 Å². The Kier molecular flexibility index (Phi) is 5.35. The number of anilines is 1. The van der Waals surface area contributed by atoms with Crippen LogP contribution in [0.25, 0.3) is 0 Å². The number of aromatic nitrogens is 2. The lowest BCUT2D eigenvalue weighted by molar-refractivity contribution is 0.0359. The second-order valence-corrected chi connectivity index (χ2v) is 4.81. The van der Waals surface area contributed by atoms with E-state index in [1.54, 1.807) is 0 Å². The SMILES string of the molecule is CNc1cc(C)nc(COC(C)CC(C)C)n1. The molecule has 1 N–H and O–H groups in total. The minimum Gasteiger partial charge on any atom is -0.373 e. The molecule has 1 heterocycles. The van der Waals surface area contributed by atoms with Crippen molar-refractivity contribution in [2.24, 2.45) is 5.92 Å². The van der Waals surface area contributed by atoms with Crippen LogP contribution in [0.2, 0.25) is 0 Å². The standard InChI is InChI=1S/C13H23N3O/c1-9(2)6-11(4)17-8-13-15-10(3)7-12(14-5)16-13/h7,9,11H,6,8H2,1-5H3,(H,14,15,16). The van der Waals surface area contributed by atoms with Crippen LogP contribution in [0, 0.1) is 12.8 Å². The van der Waals surface area contributed by atoms with Crippen molar-refractivity contribution in [2.45, 2.75) is 46.8 Å². The molecule has 0 saturated heterocycles. The third-order valence-corrected chi connectivity index (χ3v) is 2.46. The molecule has 0 aliphatic rings. The smallest absolute Gasteiger partial charge is 0.156 e. The monoisotopic (exact) mass is 237 g/mol. The van der Waals surface area contributed by atoms with E-state index in [0.29, 0.717) is 12.5 Å². The second kappa shape index (κ2) is 6.55. The van der Waals surface area contributed by atoms with Gasteiger partial charge in [-0.2, -0.15) is 0 Å². The van der Waals surface area contributed by atoms with Crippen LogP contribution in [0.3, 0.4) is 0 Å². The summed E-state index contributed by atoms with van der Waals surface area (Å²) in [5.74, 6) is 2.23. The Morgan fingerprint density at radius 2 is 2.00 bits per heavy atom. The summed E-state index contributed by atoms with van der Waals surface area (Å²) in [5.41, 5.74) is 0.958. The lowest BCUT2D eigenvalue weighted by Crippen LogP contribution is -2.13. The van der Waals surface area contributed by atoms with E-state index in [1.807, 2.05) is 20.0 Å². The van der Waals surface area contributed by atoms with E-state index in [2.05, 4.69) is 36.1 Å². The average molecular weight is 237 g/mol. The predicted octanol–water partition coefficient (Wildman–Crippen LogP) is 2.78. The van der Waals surface area contributed by atoms with Gasteiger partial charge in [0.1, 0.15) is 12.4 Å². The molecule has 0 aliphatic heterocycles. The number of rotatable bonds is 6. The Labute approximate surface area is 104 Å². The molecule has 0 fully saturated rings. The lowest BCUT2D eigenvalue weighted by Gasteiger charge is -2.14. The zero-order valence-corrected chi connectivity index (χ0v) is 11.4. The van der Waals surface area contributed by atoms with Crippen LogP contribution in [-0.2, 0) is 11.3 Å². The maximum atomic E-state index is 5.74. The summed E-state index contributed by atoms with van der Waals surface area (Å²) >= 11 is 0. The molecule has 4 nitrogen and oxygen atoms in total. The first kappa shape index (κ1) is 13.9. The van der Waals surface area contributed by atoms with Gasteiger partial charge >= 0.3 is 0 Å². The van der Waals surface area contributed by atoms with Crippen LogP contribution in [0.5, 0.6) is 0 Å². The molecule has 1 rings (SSSR count). The summed E-state index contributed by atoms with van der Waals surface area (Å²) in [6.45, 7) is 8.92. The van der Waals surface area contributed by atoms with E-state index in [-0.39, 0.29) is 6.10 Å². The van der Waals surface area contributed by atoms with Crippen molar-refractivity contribution in [3.63, 3.8) is 0 Å². The average Bonchev–Trinajstić information content (AvgIpc) is 2.24. The molecule has 1 atom stereocenters. The summed E-state index contributed by atoms with van der Waals surface area (Å²) in [6, 6.07) is 1.92. The van der Waals surface area contributed by atoms with Gasteiger partial charge < -0.3 is 10.1 Å². The number of nitrogens with one attached hydrogen (secondary N) is 1. The lowest BCUT2D eigenvalue weighted by atomic mass is 10.1. The summed E-state index contributed by atoms with van der Waals surface area (Å²) in [5, 5.41) is 3.02. The molecule has 0 amide bonds. The normalized spacial score (nSPS) is 12.8. The van der Waals surface area contributed by atoms with Gasteiger partial charge in [-0.15, -0.1) is 0 Å². The first-order valence-corrected chi connectivity index (χ1v) is 6.15. The molecule has 0 spiro atoms. The van der Waals surface area contributed by atoms with Gasteiger partial charge in [-0.3, -0.25) is 0 Å². The molecule has 1 aromatic rings. The summed E-state index contributed by atoms with van der Waals surface area (Å²) in [4.78, 5) is 8.71. The molecule has 96 valence electrons. The van der Waals surface area contributed by atoms with E-state index in [9.17, 15) is 0 Å². The second-order valence-electron chi connectivity index (χ2n) is 4.81. The fourth-order valence-electron chi connectivity index (χ4n) is 1.77. The number of hydrogen-bond acceptors (Lipinski definition) is 4. The summed E-state index contributed by atoms with van der Waals surface area (Å²) in [7, 11) is 1.85. The van der Waals surface area contributed by atoms with Gasteiger partial charge in [0.2, 0.25) is 0 Å². The molecule has 0 radical (unpaired) electrons.